The summed E-state index contributed by atoms with van der Waals surface area (Å²) in [5.41, 5.74) is 2.96. The van der Waals surface area contributed by atoms with Crippen molar-refractivity contribution in [2.24, 2.45) is 0 Å². The lowest BCUT2D eigenvalue weighted by Gasteiger charge is -1.98. The number of benzene rings is 1. The molecule has 0 unspecified atom stereocenters. The lowest BCUT2D eigenvalue weighted by atomic mass is 10.1. The highest BCUT2D eigenvalue weighted by Crippen LogP contribution is 2.27. The van der Waals surface area contributed by atoms with Gasteiger partial charge in [-0.05, 0) is 24.3 Å². The molecule has 0 saturated carbocycles. The highest BCUT2D eigenvalue weighted by Gasteiger charge is 2.07. The first-order valence-electron chi connectivity index (χ1n) is 5.63. The second-order valence-corrected chi connectivity index (χ2v) is 5.18. The van der Waals surface area contributed by atoms with E-state index >= 15 is 0 Å². The Hall–Kier alpha value is -1.94. The molecule has 0 spiro atoms. The van der Waals surface area contributed by atoms with Crippen LogP contribution in [0.5, 0.6) is 0 Å². The minimum atomic E-state index is 0.906. The molecule has 86 valence electrons. The zero-order chi connectivity index (χ0) is 12.1. The highest BCUT2D eigenvalue weighted by atomic mass is 79.9. The number of rotatable bonds is 0. The molecule has 0 fully saturated rings. The van der Waals surface area contributed by atoms with Crippen LogP contribution in [-0.4, -0.2) is 15.0 Å². The van der Waals surface area contributed by atoms with Crippen LogP contribution in [0.15, 0.2) is 47.2 Å². The Balaban J connectivity index is 2.23. The number of pyridine rings is 2. The summed E-state index contributed by atoms with van der Waals surface area (Å²) in [6.45, 7) is 0. The summed E-state index contributed by atoms with van der Waals surface area (Å²) in [6, 6.07) is 10.3. The number of aromatic amines is 1. The largest absolute Gasteiger partial charge is 0.339 e. The monoisotopic (exact) mass is 297 g/mol. The van der Waals surface area contributed by atoms with Crippen LogP contribution in [0.1, 0.15) is 0 Å². The lowest BCUT2D eigenvalue weighted by molar-refractivity contribution is 1.35. The maximum atomic E-state index is 4.66. The molecule has 4 rings (SSSR count). The molecule has 0 atom stereocenters. The molecular formula is C14H8BrN3. The number of H-pyrrole nitrogens is 1. The maximum Gasteiger partial charge on any atom is 0.139 e. The summed E-state index contributed by atoms with van der Waals surface area (Å²) >= 11 is 3.47. The van der Waals surface area contributed by atoms with Crippen LogP contribution >= 0.6 is 15.9 Å². The predicted molar refractivity (Wildman–Crippen MR) is 76.6 cm³/mol. The summed E-state index contributed by atoms with van der Waals surface area (Å²) in [7, 11) is 0. The van der Waals surface area contributed by atoms with E-state index in [9.17, 15) is 0 Å². The van der Waals surface area contributed by atoms with Crippen molar-refractivity contribution in [3.8, 4) is 0 Å². The molecule has 0 aliphatic heterocycles. The van der Waals surface area contributed by atoms with E-state index in [-0.39, 0.29) is 0 Å². The highest BCUT2D eigenvalue weighted by molar-refractivity contribution is 9.10. The molecular weight excluding hydrogens is 290 g/mol. The number of aromatic nitrogens is 3. The third-order valence-electron chi connectivity index (χ3n) is 3.14. The fourth-order valence-electron chi connectivity index (χ4n) is 2.29. The van der Waals surface area contributed by atoms with E-state index in [0.717, 1.165) is 37.3 Å². The summed E-state index contributed by atoms with van der Waals surface area (Å²) < 4.78 is 1.04. The molecule has 0 saturated heterocycles. The third-order valence-corrected chi connectivity index (χ3v) is 3.64. The number of halogens is 1. The molecule has 3 nitrogen and oxygen atoms in total. The molecule has 4 aromatic rings. The van der Waals surface area contributed by atoms with E-state index in [4.69, 9.17) is 0 Å². The second-order valence-electron chi connectivity index (χ2n) is 4.27. The number of fused-ring (bicyclic) bond motifs is 4. The van der Waals surface area contributed by atoms with E-state index in [0.29, 0.717) is 0 Å². The Morgan fingerprint density at radius 3 is 2.94 bits per heavy atom. The van der Waals surface area contributed by atoms with Gasteiger partial charge in [0, 0.05) is 33.0 Å². The first-order valence-corrected chi connectivity index (χ1v) is 6.42. The van der Waals surface area contributed by atoms with Crippen molar-refractivity contribution in [1.29, 1.82) is 0 Å². The van der Waals surface area contributed by atoms with Crippen molar-refractivity contribution in [2.45, 2.75) is 0 Å². The van der Waals surface area contributed by atoms with E-state index < -0.39 is 0 Å². The van der Waals surface area contributed by atoms with Gasteiger partial charge in [0.2, 0.25) is 0 Å². The van der Waals surface area contributed by atoms with Gasteiger partial charge in [0.1, 0.15) is 5.65 Å². The van der Waals surface area contributed by atoms with Crippen molar-refractivity contribution in [3.63, 3.8) is 0 Å². The van der Waals surface area contributed by atoms with Gasteiger partial charge in [0.15, 0.2) is 0 Å². The summed E-state index contributed by atoms with van der Waals surface area (Å²) in [4.78, 5) is 12.2. The number of hydrogen-bond donors (Lipinski definition) is 1. The Morgan fingerprint density at radius 2 is 2.00 bits per heavy atom. The quantitative estimate of drug-likeness (QED) is 0.532. The van der Waals surface area contributed by atoms with Crippen LogP contribution in [-0.2, 0) is 0 Å². The van der Waals surface area contributed by atoms with Crippen molar-refractivity contribution in [3.05, 3.63) is 47.2 Å². The number of hydrogen-bond acceptors (Lipinski definition) is 2. The molecule has 0 amide bonds. The van der Waals surface area contributed by atoms with E-state index in [2.05, 4.69) is 43.0 Å². The van der Waals surface area contributed by atoms with Crippen LogP contribution in [0.3, 0.4) is 0 Å². The number of nitrogens with zero attached hydrogens (tertiary/aromatic N) is 2. The fraction of sp³-hybridized carbons (Fsp3) is 0. The molecule has 4 heteroatoms. The average molecular weight is 298 g/mol. The van der Waals surface area contributed by atoms with Gasteiger partial charge in [0.25, 0.3) is 0 Å². The Morgan fingerprint density at radius 1 is 1.06 bits per heavy atom. The van der Waals surface area contributed by atoms with Gasteiger partial charge in [-0.1, -0.05) is 22.0 Å². The second kappa shape index (κ2) is 3.53. The molecule has 3 heterocycles. The van der Waals surface area contributed by atoms with Crippen LogP contribution in [0.2, 0.25) is 0 Å². The van der Waals surface area contributed by atoms with Gasteiger partial charge in [0.05, 0.1) is 11.0 Å². The smallest absolute Gasteiger partial charge is 0.139 e. The first kappa shape index (κ1) is 10.0. The molecule has 1 N–H and O–H groups in total. The zero-order valence-corrected chi connectivity index (χ0v) is 10.9. The number of nitrogens with one attached hydrogen (secondary N) is 1. The summed E-state index contributed by atoms with van der Waals surface area (Å²) in [6.07, 6.45) is 3.66. The minimum Gasteiger partial charge on any atom is -0.339 e. The SMILES string of the molecule is Brc1ccc2cc3c(nc2c1)[nH]c1ccncc13. The summed E-state index contributed by atoms with van der Waals surface area (Å²) in [5.74, 6) is 0. The van der Waals surface area contributed by atoms with Gasteiger partial charge < -0.3 is 4.98 Å². The van der Waals surface area contributed by atoms with Gasteiger partial charge in [-0.15, -0.1) is 0 Å². The van der Waals surface area contributed by atoms with E-state index in [1.807, 2.05) is 24.4 Å². The van der Waals surface area contributed by atoms with Crippen molar-refractivity contribution < 1.29 is 0 Å². The Kier molecular flexibility index (Phi) is 1.96. The third kappa shape index (κ3) is 1.36. The maximum absolute atomic E-state index is 4.66. The molecule has 3 aromatic heterocycles. The van der Waals surface area contributed by atoms with Crippen molar-refractivity contribution in [1.82, 2.24) is 15.0 Å². The van der Waals surface area contributed by atoms with Crippen LogP contribution in [0.25, 0.3) is 32.8 Å². The van der Waals surface area contributed by atoms with Crippen molar-refractivity contribution >= 4 is 48.8 Å². The Labute approximate surface area is 111 Å². The van der Waals surface area contributed by atoms with Crippen LogP contribution in [0, 0.1) is 0 Å². The topological polar surface area (TPSA) is 41.6 Å². The first-order chi connectivity index (χ1) is 8.81. The van der Waals surface area contributed by atoms with Crippen LogP contribution < -0.4 is 0 Å². The molecule has 0 radical (unpaired) electrons. The Bertz CT molecular complexity index is 895. The average Bonchev–Trinajstić information content (AvgIpc) is 2.73. The van der Waals surface area contributed by atoms with Crippen LogP contribution in [0.4, 0.5) is 0 Å². The normalized spacial score (nSPS) is 11.6. The molecule has 18 heavy (non-hydrogen) atoms. The predicted octanol–water partition coefficient (Wildman–Crippen LogP) is 4.03. The van der Waals surface area contributed by atoms with Gasteiger partial charge in [-0.25, -0.2) is 4.98 Å². The van der Waals surface area contributed by atoms with E-state index in [1.165, 1.54) is 0 Å². The van der Waals surface area contributed by atoms with Gasteiger partial charge in [-0.3, -0.25) is 4.98 Å². The summed E-state index contributed by atoms with van der Waals surface area (Å²) in [5, 5.41) is 3.37. The molecule has 0 bridgehead atoms. The standard InChI is InChI=1S/C14H8BrN3/c15-9-2-1-8-5-10-11-7-16-4-3-12(11)17-14(10)18-13(8)6-9/h1-7H,(H,17,18). The molecule has 1 aromatic carbocycles. The zero-order valence-electron chi connectivity index (χ0n) is 9.31. The van der Waals surface area contributed by atoms with E-state index in [1.54, 1.807) is 6.20 Å². The molecule has 0 aliphatic rings. The van der Waals surface area contributed by atoms with Gasteiger partial charge in [-0.2, -0.15) is 0 Å². The lowest BCUT2D eigenvalue weighted by Crippen LogP contribution is -1.80. The minimum absolute atomic E-state index is 0.906. The van der Waals surface area contributed by atoms with Gasteiger partial charge >= 0.3 is 0 Å². The van der Waals surface area contributed by atoms with Crippen molar-refractivity contribution in [2.75, 3.05) is 0 Å². The fourth-order valence-corrected chi connectivity index (χ4v) is 2.64. The molecule has 0 aliphatic carbocycles.